The van der Waals surface area contributed by atoms with Crippen LogP contribution in [0.25, 0.3) is 0 Å². The topological polar surface area (TPSA) is 58.6 Å². The molecule has 0 radical (unpaired) electrons. The van der Waals surface area contributed by atoms with Crippen LogP contribution < -0.4 is 10.1 Å². The molecule has 2 N–H and O–H groups in total. The smallest absolute Gasteiger partial charge is 0.262 e. The summed E-state index contributed by atoms with van der Waals surface area (Å²) >= 11 is 0. The number of rotatable bonds is 1. The fourth-order valence-electron chi connectivity index (χ4n) is 1.46. The van der Waals surface area contributed by atoms with Crippen LogP contribution >= 0.6 is 0 Å². The van der Waals surface area contributed by atoms with Gasteiger partial charge in [-0.3, -0.25) is 4.79 Å². The number of carbonyl (C=O) groups excluding carboxylic acids is 1. The summed E-state index contributed by atoms with van der Waals surface area (Å²) in [7, 11) is 0. The molecular weight excluding hydrogens is 194 g/mol. The lowest BCUT2D eigenvalue weighted by Crippen LogP contribution is -2.26. The lowest BCUT2D eigenvalue weighted by Gasteiger charge is -2.22. The van der Waals surface area contributed by atoms with Crippen molar-refractivity contribution in [1.82, 2.24) is 0 Å². The normalized spacial score (nSPS) is 15.3. The maximum Gasteiger partial charge on any atom is 0.262 e. The lowest BCUT2D eigenvalue weighted by molar-refractivity contribution is -0.118. The molecule has 2 rings (SSSR count). The molecule has 1 heterocycles. The molecule has 0 atom stereocenters. The molecular formula is C11H13NO3. The van der Waals surface area contributed by atoms with E-state index in [1.54, 1.807) is 32.0 Å². The van der Waals surface area contributed by atoms with Gasteiger partial charge in [-0.1, -0.05) is 6.07 Å². The molecule has 0 spiro atoms. The number of carbonyl (C=O) groups is 1. The van der Waals surface area contributed by atoms with E-state index in [0.29, 0.717) is 11.4 Å². The van der Waals surface area contributed by atoms with Crippen molar-refractivity contribution >= 4 is 11.6 Å². The second-order valence-corrected chi connectivity index (χ2v) is 4.11. The second kappa shape index (κ2) is 3.24. The van der Waals surface area contributed by atoms with E-state index >= 15 is 0 Å². The molecule has 4 heteroatoms. The van der Waals surface area contributed by atoms with Gasteiger partial charge in [-0.05, 0) is 31.5 Å². The first-order valence-electron chi connectivity index (χ1n) is 4.76. The molecule has 0 saturated carbocycles. The molecule has 0 bridgehead atoms. The molecule has 0 aromatic heterocycles. The van der Waals surface area contributed by atoms with Gasteiger partial charge in [0.1, 0.15) is 5.75 Å². The van der Waals surface area contributed by atoms with E-state index in [1.165, 1.54) is 0 Å². The van der Waals surface area contributed by atoms with Crippen LogP contribution in [0.15, 0.2) is 18.2 Å². The van der Waals surface area contributed by atoms with Crippen LogP contribution in [0, 0.1) is 0 Å². The SMILES string of the molecule is CC(C)(O)c1ccc2c(c1)NC(=O)CO2. The molecule has 1 aromatic rings. The van der Waals surface area contributed by atoms with Crippen LogP contribution in [-0.4, -0.2) is 17.6 Å². The summed E-state index contributed by atoms with van der Waals surface area (Å²) in [6.45, 7) is 3.44. The highest BCUT2D eigenvalue weighted by atomic mass is 16.5. The van der Waals surface area contributed by atoms with Crippen LogP contribution in [0.5, 0.6) is 5.75 Å². The summed E-state index contributed by atoms with van der Waals surface area (Å²) in [4.78, 5) is 11.1. The van der Waals surface area contributed by atoms with Gasteiger partial charge >= 0.3 is 0 Å². The Morgan fingerprint density at radius 2 is 2.20 bits per heavy atom. The summed E-state index contributed by atoms with van der Waals surface area (Å²) in [6.07, 6.45) is 0. The Morgan fingerprint density at radius 3 is 2.87 bits per heavy atom. The minimum absolute atomic E-state index is 0.0505. The number of amides is 1. The van der Waals surface area contributed by atoms with Crippen molar-refractivity contribution in [1.29, 1.82) is 0 Å². The number of fused-ring (bicyclic) bond motifs is 1. The zero-order chi connectivity index (χ0) is 11.1. The Bertz CT molecular complexity index is 407. The molecule has 1 aliphatic heterocycles. The summed E-state index contributed by atoms with van der Waals surface area (Å²) in [5, 5.41) is 12.5. The Hall–Kier alpha value is -1.55. The predicted molar refractivity (Wildman–Crippen MR) is 55.8 cm³/mol. The number of hydrogen-bond donors (Lipinski definition) is 2. The van der Waals surface area contributed by atoms with Crippen LogP contribution in [0.3, 0.4) is 0 Å². The number of anilines is 1. The van der Waals surface area contributed by atoms with Gasteiger partial charge in [0, 0.05) is 0 Å². The van der Waals surface area contributed by atoms with Gasteiger partial charge in [0.2, 0.25) is 0 Å². The summed E-state index contributed by atoms with van der Waals surface area (Å²) < 4.78 is 5.21. The zero-order valence-electron chi connectivity index (χ0n) is 8.70. The van der Waals surface area contributed by atoms with Crippen molar-refractivity contribution in [2.45, 2.75) is 19.4 Å². The molecule has 15 heavy (non-hydrogen) atoms. The zero-order valence-corrected chi connectivity index (χ0v) is 8.70. The van der Waals surface area contributed by atoms with Crippen LogP contribution in [0.1, 0.15) is 19.4 Å². The van der Waals surface area contributed by atoms with Gasteiger partial charge in [0.25, 0.3) is 5.91 Å². The Labute approximate surface area is 87.9 Å². The highest BCUT2D eigenvalue weighted by molar-refractivity contribution is 5.95. The number of benzene rings is 1. The minimum atomic E-state index is -0.919. The molecule has 0 unspecified atom stereocenters. The van der Waals surface area contributed by atoms with E-state index in [1.807, 2.05) is 0 Å². The Balaban J connectivity index is 2.41. The molecule has 1 aliphatic rings. The van der Waals surface area contributed by atoms with Crippen molar-refractivity contribution in [3.05, 3.63) is 23.8 Å². The quantitative estimate of drug-likeness (QED) is 0.728. The van der Waals surface area contributed by atoms with E-state index in [-0.39, 0.29) is 12.5 Å². The maximum atomic E-state index is 11.1. The van der Waals surface area contributed by atoms with Crippen molar-refractivity contribution < 1.29 is 14.6 Å². The first-order chi connectivity index (χ1) is 6.97. The van der Waals surface area contributed by atoms with E-state index in [2.05, 4.69) is 5.32 Å². The monoisotopic (exact) mass is 207 g/mol. The largest absolute Gasteiger partial charge is 0.482 e. The van der Waals surface area contributed by atoms with Gasteiger partial charge in [0.05, 0.1) is 11.3 Å². The van der Waals surface area contributed by atoms with Crippen LogP contribution in [0.2, 0.25) is 0 Å². The van der Waals surface area contributed by atoms with Gasteiger partial charge < -0.3 is 15.2 Å². The summed E-state index contributed by atoms with van der Waals surface area (Å²) in [5.41, 5.74) is 0.440. The summed E-state index contributed by atoms with van der Waals surface area (Å²) in [5.74, 6) is 0.470. The van der Waals surface area contributed by atoms with Crippen molar-refractivity contribution in [3.8, 4) is 5.75 Å². The first kappa shape index (κ1) is 9.98. The molecule has 1 aromatic carbocycles. The molecule has 0 aliphatic carbocycles. The molecule has 80 valence electrons. The number of ether oxygens (including phenoxy) is 1. The Morgan fingerprint density at radius 1 is 1.47 bits per heavy atom. The average Bonchev–Trinajstić information content (AvgIpc) is 2.15. The van der Waals surface area contributed by atoms with E-state index in [9.17, 15) is 9.90 Å². The Kier molecular flexibility index (Phi) is 2.16. The molecule has 0 fully saturated rings. The maximum absolute atomic E-state index is 11.1. The number of hydrogen-bond acceptors (Lipinski definition) is 3. The highest BCUT2D eigenvalue weighted by Crippen LogP contribution is 2.32. The first-order valence-corrected chi connectivity index (χ1v) is 4.76. The van der Waals surface area contributed by atoms with E-state index in [4.69, 9.17) is 4.74 Å². The standard InChI is InChI=1S/C11H13NO3/c1-11(2,14)7-3-4-9-8(5-7)12-10(13)6-15-9/h3-5,14H,6H2,1-2H3,(H,12,13). The van der Waals surface area contributed by atoms with Crippen molar-refractivity contribution in [2.24, 2.45) is 0 Å². The third kappa shape index (κ3) is 1.94. The van der Waals surface area contributed by atoms with Crippen molar-refractivity contribution in [2.75, 3.05) is 11.9 Å². The lowest BCUT2D eigenvalue weighted by atomic mass is 9.97. The number of aliphatic hydroxyl groups is 1. The summed E-state index contributed by atoms with van der Waals surface area (Å²) in [6, 6.07) is 5.27. The van der Waals surface area contributed by atoms with Crippen molar-refractivity contribution in [3.63, 3.8) is 0 Å². The molecule has 0 saturated heterocycles. The van der Waals surface area contributed by atoms with Gasteiger partial charge in [-0.2, -0.15) is 0 Å². The van der Waals surface area contributed by atoms with Gasteiger partial charge in [-0.15, -0.1) is 0 Å². The third-order valence-corrected chi connectivity index (χ3v) is 2.32. The third-order valence-electron chi connectivity index (χ3n) is 2.32. The van der Waals surface area contributed by atoms with Crippen LogP contribution in [-0.2, 0) is 10.4 Å². The second-order valence-electron chi connectivity index (χ2n) is 4.11. The minimum Gasteiger partial charge on any atom is -0.482 e. The predicted octanol–water partition coefficient (Wildman–Crippen LogP) is 1.24. The van der Waals surface area contributed by atoms with E-state index < -0.39 is 5.60 Å². The average molecular weight is 207 g/mol. The highest BCUT2D eigenvalue weighted by Gasteiger charge is 2.21. The fourth-order valence-corrected chi connectivity index (χ4v) is 1.46. The number of nitrogens with one attached hydrogen (secondary N) is 1. The fraction of sp³-hybridized carbons (Fsp3) is 0.364. The van der Waals surface area contributed by atoms with Gasteiger partial charge in [-0.25, -0.2) is 0 Å². The molecule has 4 nitrogen and oxygen atoms in total. The van der Waals surface area contributed by atoms with Crippen LogP contribution in [0.4, 0.5) is 5.69 Å². The van der Waals surface area contributed by atoms with E-state index in [0.717, 1.165) is 5.56 Å². The van der Waals surface area contributed by atoms with Gasteiger partial charge in [0.15, 0.2) is 6.61 Å². The molecule has 1 amide bonds.